The number of aryl methyl sites for hydroxylation is 1. The number of carbonyl (C=O) groups is 1. The summed E-state index contributed by atoms with van der Waals surface area (Å²) in [5.74, 6) is -0.192. The molecule has 6 heteroatoms. The lowest BCUT2D eigenvalue weighted by Gasteiger charge is -2.08. The van der Waals surface area contributed by atoms with E-state index in [1.54, 1.807) is 7.11 Å². The molecule has 0 fully saturated rings. The minimum atomic E-state index is -0.192. The number of hydrogen-bond acceptors (Lipinski definition) is 4. The van der Waals surface area contributed by atoms with Gasteiger partial charge in [0.05, 0.1) is 25.1 Å². The summed E-state index contributed by atoms with van der Waals surface area (Å²) in [5.41, 5.74) is 4.73. The number of nitrogens with one attached hydrogen (secondary N) is 1. The van der Waals surface area contributed by atoms with E-state index in [-0.39, 0.29) is 12.5 Å². The van der Waals surface area contributed by atoms with Crippen LogP contribution in [0, 0.1) is 6.92 Å². The number of amides is 1. The molecule has 0 saturated heterocycles. The summed E-state index contributed by atoms with van der Waals surface area (Å²) in [5, 5.41) is 2.85. The molecular formula is C19H21N3O3. The molecular weight excluding hydrogens is 318 g/mol. The van der Waals surface area contributed by atoms with Gasteiger partial charge in [0.2, 0.25) is 5.91 Å². The van der Waals surface area contributed by atoms with Gasteiger partial charge in [-0.3, -0.25) is 9.20 Å². The Morgan fingerprint density at radius 1 is 1.24 bits per heavy atom. The molecule has 2 aromatic heterocycles. The molecule has 0 saturated carbocycles. The first-order valence-corrected chi connectivity index (χ1v) is 8.08. The number of carbonyl (C=O) groups excluding carboxylic acids is 1. The average molecular weight is 339 g/mol. The van der Waals surface area contributed by atoms with Crippen LogP contribution in [0.3, 0.4) is 0 Å². The van der Waals surface area contributed by atoms with Gasteiger partial charge in [0.1, 0.15) is 12.3 Å². The molecule has 0 spiro atoms. The molecule has 0 unspecified atom stereocenters. The lowest BCUT2D eigenvalue weighted by Crippen LogP contribution is -2.19. The van der Waals surface area contributed by atoms with Crippen molar-refractivity contribution in [3.8, 4) is 11.3 Å². The largest absolute Gasteiger partial charge is 0.382 e. The van der Waals surface area contributed by atoms with Crippen LogP contribution in [0.25, 0.3) is 16.9 Å². The van der Waals surface area contributed by atoms with Crippen LogP contribution in [0.2, 0.25) is 0 Å². The highest BCUT2D eigenvalue weighted by molar-refractivity contribution is 5.92. The highest BCUT2D eigenvalue weighted by Crippen LogP contribution is 2.24. The Morgan fingerprint density at radius 2 is 2.12 bits per heavy atom. The topological polar surface area (TPSA) is 64.9 Å². The third kappa shape index (κ3) is 4.23. The van der Waals surface area contributed by atoms with Crippen molar-refractivity contribution in [1.82, 2.24) is 9.38 Å². The highest BCUT2D eigenvalue weighted by atomic mass is 16.5. The Labute approximate surface area is 146 Å². The summed E-state index contributed by atoms with van der Waals surface area (Å²) >= 11 is 0. The van der Waals surface area contributed by atoms with Crippen LogP contribution in [0.15, 0.2) is 48.8 Å². The minimum Gasteiger partial charge on any atom is -0.382 e. The minimum absolute atomic E-state index is 0.00238. The lowest BCUT2D eigenvalue weighted by molar-refractivity contribution is -0.121. The number of nitrogens with zero attached hydrogens (tertiary/aromatic N) is 2. The predicted octanol–water partition coefficient (Wildman–Crippen LogP) is 2.91. The zero-order valence-corrected chi connectivity index (χ0v) is 14.4. The zero-order chi connectivity index (χ0) is 17.6. The molecule has 1 N–H and O–H groups in total. The molecule has 0 aliphatic rings. The fourth-order valence-corrected chi connectivity index (χ4v) is 2.56. The second kappa shape index (κ2) is 7.92. The molecule has 0 aliphatic heterocycles. The van der Waals surface area contributed by atoms with Crippen molar-refractivity contribution in [2.45, 2.75) is 6.92 Å². The zero-order valence-electron chi connectivity index (χ0n) is 14.4. The van der Waals surface area contributed by atoms with Gasteiger partial charge in [-0.15, -0.1) is 0 Å². The summed E-state index contributed by atoms with van der Waals surface area (Å²) < 4.78 is 12.2. The maximum Gasteiger partial charge on any atom is 0.250 e. The number of aromatic nitrogens is 2. The van der Waals surface area contributed by atoms with Gasteiger partial charge >= 0.3 is 0 Å². The van der Waals surface area contributed by atoms with Crippen LogP contribution in [-0.4, -0.2) is 42.2 Å². The van der Waals surface area contributed by atoms with Gasteiger partial charge in [-0.2, -0.15) is 0 Å². The van der Waals surface area contributed by atoms with Crippen molar-refractivity contribution in [2.75, 3.05) is 32.2 Å². The fourth-order valence-electron chi connectivity index (χ4n) is 2.56. The van der Waals surface area contributed by atoms with Crippen molar-refractivity contribution in [3.63, 3.8) is 0 Å². The highest BCUT2D eigenvalue weighted by Gasteiger charge is 2.08. The fraction of sp³-hybridized carbons (Fsp3) is 0.263. The van der Waals surface area contributed by atoms with Gasteiger partial charge in [0.25, 0.3) is 0 Å². The second-order valence-corrected chi connectivity index (χ2v) is 5.75. The molecule has 1 aromatic carbocycles. The SMILES string of the molecule is COCCOCC(=O)Nc1cccc(-c2cnc3ccc(C)cn23)c1. The van der Waals surface area contributed by atoms with Gasteiger partial charge < -0.3 is 14.8 Å². The summed E-state index contributed by atoms with van der Waals surface area (Å²) in [7, 11) is 1.59. The van der Waals surface area contributed by atoms with E-state index in [4.69, 9.17) is 9.47 Å². The smallest absolute Gasteiger partial charge is 0.250 e. The molecule has 130 valence electrons. The number of pyridine rings is 1. The molecule has 0 atom stereocenters. The van der Waals surface area contributed by atoms with Gasteiger partial charge in [0, 0.05) is 24.6 Å². The number of hydrogen-bond donors (Lipinski definition) is 1. The van der Waals surface area contributed by atoms with E-state index < -0.39 is 0 Å². The van der Waals surface area contributed by atoms with Gasteiger partial charge in [-0.25, -0.2) is 4.98 Å². The molecule has 25 heavy (non-hydrogen) atoms. The monoisotopic (exact) mass is 339 g/mol. The van der Waals surface area contributed by atoms with E-state index >= 15 is 0 Å². The Bertz CT molecular complexity index is 873. The first kappa shape index (κ1) is 17.1. The first-order chi connectivity index (χ1) is 12.2. The van der Waals surface area contributed by atoms with Gasteiger partial charge in [-0.05, 0) is 30.7 Å². The standard InChI is InChI=1S/C19H21N3O3/c1-14-6-7-18-20-11-17(22(18)12-14)15-4-3-5-16(10-15)21-19(23)13-25-9-8-24-2/h3-7,10-12H,8-9,13H2,1-2H3,(H,21,23). The summed E-state index contributed by atoms with van der Waals surface area (Å²) in [6.07, 6.45) is 3.89. The predicted molar refractivity (Wildman–Crippen MR) is 96.7 cm³/mol. The number of rotatable bonds is 7. The van der Waals surface area contributed by atoms with Gasteiger partial charge in [0.15, 0.2) is 0 Å². The maximum atomic E-state index is 11.9. The maximum absolute atomic E-state index is 11.9. The van der Waals surface area contributed by atoms with Crippen molar-refractivity contribution in [1.29, 1.82) is 0 Å². The number of imidazole rings is 1. The number of ether oxygens (including phenoxy) is 2. The van der Waals surface area contributed by atoms with E-state index in [0.717, 1.165) is 28.2 Å². The van der Waals surface area contributed by atoms with Crippen LogP contribution in [0.4, 0.5) is 5.69 Å². The quantitative estimate of drug-likeness (QED) is 0.672. The molecule has 1 amide bonds. The van der Waals surface area contributed by atoms with Crippen LogP contribution < -0.4 is 5.32 Å². The Balaban J connectivity index is 1.75. The van der Waals surface area contributed by atoms with E-state index in [2.05, 4.69) is 10.3 Å². The molecule has 3 aromatic rings. The van der Waals surface area contributed by atoms with Crippen molar-refractivity contribution < 1.29 is 14.3 Å². The Morgan fingerprint density at radius 3 is 2.96 bits per heavy atom. The van der Waals surface area contributed by atoms with Gasteiger partial charge in [-0.1, -0.05) is 18.2 Å². The average Bonchev–Trinajstić information content (AvgIpc) is 3.02. The van der Waals surface area contributed by atoms with Crippen LogP contribution >= 0.6 is 0 Å². The second-order valence-electron chi connectivity index (χ2n) is 5.75. The van der Waals surface area contributed by atoms with Crippen LogP contribution in [0.5, 0.6) is 0 Å². The van der Waals surface area contributed by atoms with E-state index in [1.807, 2.05) is 60.1 Å². The molecule has 0 radical (unpaired) electrons. The van der Waals surface area contributed by atoms with E-state index in [9.17, 15) is 4.79 Å². The van der Waals surface area contributed by atoms with Crippen LogP contribution in [-0.2, 0) is 14.3 Å². The number of benzene rings is 1. The van der Waals surface area contributed by atoms with Crippen molar-refractivity contribution in [2.24, 2.45) is 0 Å². The molecule has 0 bridgehead atoms. The summed E-state index contributed by atoms with van der Waals surface area (Å²) in [4.78, 5) is 16.4. The third-order valence-corrected chi connectivity index (χ3v) is 3.76. The normalized spacial score (nSPS) is 11.0. The number of anilines is 1. The molecule has 3 rings (SSSR count). The third-order valence-electron chi connectivity index (χ3n) is 3.76. The van der Waals surface area contributed by atoms with Crippen LogP contribution in [0.1, 0.15) is 5.56 Å². The Hall–Kier alpha value is -2.70. The van der Waals surface area contributed by atoms with Crippen molar-refractivity contribution in [3.05, 3.63) is 54.4 Å². The molecule has 2 heterocycles. The number of fused-ring (bicyclic) bond motifs is 1. The van der Waals surface area contributed by atoms with E-state index in [1.165, 1.54) is 0 Å². The molecule has 0 aliphatic carbocycles. The van der Waals surface area contributed by atoms with Crippen molar-refractivity contribution >= 4 is 17.2 Å². The lowest BCUT2D eigenvalue weighted by atomic mass is 10.1. The van der Waals surface area contributed by atoms with E-state index in [0.29, 0.717) is 13.2 Å². The first-order valence-electron chi connectivity index (χ1n) is 8.08. The Kier molecular flexibility index (Phi) is 5.42. The summed E-state index contributed by atoms with van der Waals surface area (Å²) in [6, 6.07) is 11.7. The number of methoxy groups -OCH3 is 1. The molecule has 6 nitrogen and oxygen atoms in total. The summed E-state index contributed by atoms with van der Waals surface area (Å²) in [6.45, 7) is 2.91.